The molecule has 0 fully saturated rings. The maximum atomic E-state index is 12.3. The molecule has 2 aromatic rings. The summed E-state index contributed by atoms with van der Waals surface area (Å²) >= 11 is 0. The van der Waals surface area contributed by atoms with Crippen molar-refractivity contribution in [3.8, 4) is 0 Å². The van der Waals surface area contributed by atoms with Gasteiger partial charge in [-0.1, -0.05) is 37.3 Å². The van der Waals surface area contributed by atoms with Crippen molar-refractivity contribution < 1.29 is 14.7 Å². The van der Waals surface area contributed by atoms with Gasteiger partial charge in [-0.15, -0.1) is 0 Å². The van der Waals surface area contributed by atoms with Gasteiger partial charge in [-0.2, -0.15) is 5.10 Å². The summed E-state index contributed by atoms with van der Waals surface area (Å²) in [6.07, 6.45) is 0.372. The van der Waals surface area contributed by atoms with Gasteiger partial charge in [0.25, 0.3) is 5.91 Å². The minimum absolute atomic E-state index is 0.0197. The topological polar surface area (TPSA) is 84.2 Å². The fraction of sp³-hybridized carbons (Fsp3) is 0.353. The molecule has 1 aromatic carbocycles. The molecule has 1 heterocycles. The van der Waals surface area contributed by atoms with Gasteiger partial charge in [0.2, 0.25) is 0 Å². The van der Waals surface area contributed by atoms with E-state index in [-0.39, 0.29) is 12.5 Å². The highest BCUT2D eigenvalue weighted by atomic mass is 16.4. The number of benzene rings is 1. The zero-order valence-corrected chi connectivity index (χ0v) is 13.5. The molecule has 1 amide bonds. The van der Waals surface area contributed by atoms with E-state index in [4.69, 9.17) is 0 Å². The Morgan fingerprint density at radius 1 is 1.30 bits per heavy atom. The van der Waals surface area contributed by atoms with Crippen LogP contribution in [0.25, 0.3) is 0 Å². The number of aryl methyl sites for hydroxylation is 2. The van der Waals surface area contributed by atoms with Crippen molar-refractivity contribution >= 4 is 11.9 Å². The smallest absolute Gasteiger partial charge is 0.315 e. The Kier molecular flexibility index (Phi) is 4.83. The van der Waals surface area contributed by atoms with Crippen LogP contribution in [0.5, 0.6) is 0 Å². The monoisotopic (exact) mass is 315 g/mol. The largest absolute Gasteiger partial charge is 0.481 e. The predicted octanol–water partition coefficient (Wildman–Crippen LogP) is 1.89. The third kappa shape index (κ3) is 3.26. The van der Waals surface area contributed by atoms with E-state index in [1.54, 1.807) is 44.3 Å². The lowest BCUT2D eigenvalue weighted by atomic mass is 9.78. The first-order chi connectivity index (χ1) is 10.9. The van der Waals surface area contributed by atoms with Crippen molar-refractivity contribution in [1.82, 2.24) is 15.1 Å². The summed E-state index contributed by atoms with van der Waals surface area (Å²) in [5.74, 6) is -1.28. The quantitative estimate of drug-likeness (QED) is 0.852. The second-order valence-corrected chi connectivity index (χ2v) is 5.58. The molecule has 6 nitrogen and oxygen atoms in total. The zero-order valence-electron chi connectivity index (χ0n) is 13.5. The number of amides is 1. The van der Waals surface area contributed by atoms with Crippen molar-refractivity contribution in [2.45, 2.75) is 25.7 Å². The lowest BCUT2D eigenvalue weighted by Gasteiger charge is -2.29. The number of nitrogens with zero attached hydrogens (tertiary/aromatic N) is 2. The number of hydrogen-bond acceptors (Lipinski definition) is 3. The summed E-state index contributed by atoms with van der Waals surface area (Å²) in [5.41, 5.74) is 0.674. The Morgan fingerprint density at radius 2 is 1.96 bits per heavy atom. The Morgan fingerprint density at radius 3 is 2.43 bits per heavy atom. The third-order valence-corrected chi connectivity index (χ3v) is 4.12. The molecule has 0 aliphatic carbocycles. The highest BCUT2D eigenvalue weighted by Gasteiger charge is 2.39. The molecule has 1 atom stereocenters. The molecule has 0 bridgehead atoms. The zero-order chi connectivity index (χ0) is 17.0. The van der Waals surface area contributed by atoms with E-state index >= 15 is 0 Å². The Labute approximate surface area is 135 Å². The first kappa shape index (κ1) is 16.7. The van der Waals surface area contributed by atoms with Gasteiger partial charge in [-0.05, 0) is 25.0 Å². The lowest BCUT2D eigenvalue weighted by Crippen LogP contribution is -2.46. The van der Waals surface area contributed by atoms with Crippen LogP contribution in [-0.2, 0) is 17.3 Å². The Balaban J connectivity index is 2.24. The first-order valence-electron chi connectivity index (χ1n) is 7.48. The van der Waals surface area contributed by atoms with Gasteiger partial charge < -0.3 is 10.4 Å². The number of carboxylic acids is 1. The molecular weight excluding hydrogens is 294 g/mol. The number of aromatic nitrogens is 2. The van der Waals surface area contributed by atoms with Gasteiger partial charge >= 0.3 is 5.97 Å². The van der Waals surface area contributed by atoms with E-state index in [9.17, 15) is 14.7 Å². The highest BCUT2D eigenvalue weighted by Crippen LogP contribution is 2.28. The molecule has 2 rings (SSSR count). The third-order valence-electron chi connectivity index (χ3n) is 4.12. The molecule has 0 saturated carbocycles. The van der Waals surface area contributed by atoms with Crippen LogP contribution in [0, 0.1) is 6.92 Å². The number of carboxylic acid groups (broad SMARTS) is 1. The average molecular weight is 315 g/mol. The van der Waals surface area contributed by atoms with Gasteiger partial charge in [0.05, 0.1) is 5.69 Å². The van der Waals surface area contributed by atoms with Crippen LogP contribution in [0.1, 0.15) is 35.1 Å². The van der Waals surface area contributed by atoms with E-state index in [0.29, 0.717) is 17.7 Å². The molecule has 23 heavy (non-hydrogen) atoms. The number of hydrogen-bond donors (Lipinski definition) is 2. The summed E-state index contributed by atoms with van der Waals surface area (Å²) in [6.45, 7) is 3.63. The minimum Gasteiger partial charge on any atom is -0.481 e. The Hall–Kier alpha value is -2.63. The SMILES string of the molecule is CCC(CNC(=O)c1cc(C)nn1C)(C(=O)O)c1ccccc1. The first-order valence-corrected chi connectivity index (χ1v) is 7.48. The number of carbonyl (C=O) groups excluding carboxylic acids is 1. The van der Waals surface area contributed by atoms with Gasteiger partial charge in [0.1, 0.15) is 11.1 Å². The maximum absolute atomic E-state index is 12.3. The number of carbonyl (C=O) groups is 2. The average Bonchev–Trinajstić information content (AvgIpc) is 2.87. The van der Waals surface area contributed by atoms with Crippen LogP contribution in [0.2, 0.25) is 0 Å². The van der Waals surface area contributed by atoms with Gasteiger partial charge in [-0.3, -0.25) is 14.3 Å². The van der Waals surface area contributed by atoms with Crippen LogP contribution >= 0.6 is 0 Å². The normalized spacial score (nSPS) is 13.3. The van der Waals surface area contributed by atoms with Gasteiger partial charge in [0, 0.05) is 13.6 Å². The summed E-state index contributed by atoms with van der Waals surface area (Å²) < 4.78 is 1.49. The number of aliphatic carboxylic acids is 1. The second-order valence-electron chi connectivity index (χ2n) is 5.58. The molecule has 6 heteroatoms. The number of rotatable bonds is 6. The summed E-state index contributed by atoms with van der Waals surface area (Å²) in [6, 6.07) is 10.7. The fourth-order valence-corrected chi connectivity index (χ4v) is 2.68. The van der Waals surface area contributed by atoms with Crippen LogP contribution in [0.3, 0.4) is 0 Å². The second kappa shape index (κ2) is 6.64. The van der Waals surface area contributed by atoms with Crippen molar-refractivity contribution in [1.29, 1.82) is 0 Å². The lowest BCUT2D eigenvalue weighted by molar-refractivity contribution is -0.143. The molecule has 0 saturated heterocycles. The fourth-order valence-electron chi connectivity index (χ4n) is 2.68. The maximum Gasteiger partial charge on any atom is 0.315 e. The van der Waals surface area contributed by atoms with Crippen molar-refractivity contribution in [2.24, 2.45) is 7.05 Å². The molecule has 2 N–H and O–H groups in total. The van der Waals surface area contributed by atoms with E-state index in [1.165, 1.54) is 4.68 Å². The van der Waals surface area contributed by atoms with Crippen molar-refractivity contribution in [2.75, 3.05) is 6.54 Å². The molecule has 1 unspecified atom stereocenters. The van der Waals surface area contributed by atoms with Crippen molar-refractivity contribution in [3.05, 3.63) is 53.3 Å². The van der Waals surface area contributed by atoms with Gasteiger partial charge in [0.15, 0.2) is 0 Å². The summed E-state index contributed by atoms with van der Waals surface area (Å²) in [7, 11) is 1.68. The molecule has 0 aliphatic rings. The molecule has 1 aromatic heterocycles. The molecule has 122 valence electrons. The molecule has 0 spiro atoms. The van der Waals surface area contributed by atoms with E-state index < -0.39 is 11.4 Å². The van der Waals surface area contributed by atoms with Crippen LogP contribution in [0.15, 0.2) is 36.4 Å². The molecular formula is C17H21N3O3. The van der Waals surface area contributed by atoms with Crippen LogP contribution in [-0.4, -0.2) is 33.3 Å². The predicted molar refractivity (Wildman–Crippen MR) is 86.3 cm³/mol. The van der Waals surface area contributed by atoms with E-state index in [0.717, 1.165) is 5.69 Å². The summed E-state index contributed by atoms with van der Waals surface area (Å²) in [4.78, 5) is 24.2. The highest BCUT2D eigenvalue weighted by molar-refractivity contribution is 5.93. The standard InChI is InChI=1S/C17H21N3O3/c1-4-17(16(22)23,13-8-6-5-7-9-13)11-18-15(21)14-10-12(2)19-20(14)3/h5-10H,4,11H2,1-3H3,(H,18,21)(H,22,23). The van der Waals surface area contributed by atoms with Gasteiger partial charge in [-0.25, -0.2) is 0 Å². The Bertz CT molecular complexity index is 709. The molecule has 0 aliphatic heterocycles. The number of nitrogens with one attached hydrogen (secondary N) is 1. The molecule has 0 radical (unpaired) electrons. The van der Waals surface area contributed by atoms with Crippen molar-refractivity contribution in [3.63, 3.8) is 0 Å². The minimum atomic E-state index is -1.15. The summed E-state index contributed by atoms with van der Waals surface area (Å²) in [5, 5.41) is 16.6. The van der Waals surface area contributed by atoms with Crippen LogP contribution < -0.4 is 5.32 Å². The van der Waals surface area contributed by atoms with E-state index in [2.05, 4.69) is 10.4 Å². The van der Waals surface area contributed by atoms with Crippen LogP contribution in [0.4, 0.5) is 0 Å². The van der Waals surface area contributed by atoms with E-state index in [1.807, 2.05) is 13.0 Å².